The van der Waals surface area contributed by atoms with E-state index >= 15 is 0 Å². The minimum absolute atomic E-state index is 0.0938. The maximum Gasteiger partial charge on any atom is 0.231 e. The SMILES string of the molecule is Nn1c(SCC(=O)NC(c2ccc(F)cc2)c2cccs2)nnc1-c1ccco1. The minimum atomic E-state index is -0.363. The molecule has 10 heteroatoms. The first-order valence-electron chi connectivity index (χ1n) is 8.57. The van der Waals surface area contributed by atoms with Crippen molar-refractivity contribution in [3.05, 3.63) is 76.4 Å². The summed E-state index contributed by atoms with van der Waals surface area (Å²) in [6, 6.07) is 13.0. The Morgan fingerprint density at radius 3 is 2.76 bits per heavy atom. The van der Waals surface area contributed by atoms with Crippen molar-refractivity contribution < 1.29 is 13.6 Å². The number of carbonyl (C=O) groups is 1. The highest BCUT2D eigenvalue weighted by molar-refractivity contribution is 7.99. The van der Waals surface area contributed by atoms with Gasteiger partial charge in [-0.25, -0.2) is 9.07 Å². The van der Waals surface area contributed by atoms with Crippen LogP contribution in [0.3, 0.4) is 0 Å². The number of halogens is 1. The maximum atomic E-state index is 13.3. The highest BCUT2D eigenvalue weighted by Crippen LogP contribution is 2.27. The molecule has 4 aromatic rings. The molecule has 3 heterocycles. The minimum Gasteiger partial charge on any atom is -0.461 e. The Kier molecular flexibility index (Phi) is 5.63. The standard InChI is InChI=1S/C19H16FN5O2S2/c20-13-7-5-12(6-8-13)17(15-4-2-10-28-15)22-16(26)11-29-19-24-23-18(25(19)21)14-3-1-9-27-14/h1-10,17H,11,21H2,(H,22,26). The Balaban J connectivity index is 1.44. The molecule has 0 radical (unpaired) electrons. The van der Waals surface area contributed by atoms with Crippen LogP contribution < -0.4 is 11.2 Å². The zero-order valence-corrected chi connectivity index (χ0v) is 16.6. The van der Waals surface area contributed by atoms with Crippen molar-refractivity contribution in [1.82, 2.24) is 20.2 Å². The summed E-state index contributed by atoms with van der Waals surface area (Å²) in [4.78, 5) is 13.5. The van der Waals surface area contributed by atoms with E-state index in [1.165, 1.54) is 34.4 Å². The molecule has 0 saturated heterocycles. The quantitative estimate of drug-likeness (QED) is 0.345. The lowest BCUT2D eigenvalue weighted by atomic mass is 10.1. The van der Waals surface area contributed by atoms with Gasteiger partial charge in [0.15, 0.2) is 5.76 Å². The Morgan fingerprint density at radius 2 is 2.07 bits per heavy atom. The van der Waals surface area contributed by atoms with Crippen molar-refractivity contribution in [3.63, 3.8) is 0 Å². The molecule has 0 spiro atoms. The van der Waals surface area contributed by atoms with E-state index in [9.17, 15) is 9.18 Å². The molecule has 7 nitrogen and oxygen atoms in total. The van der Waals surface area contributed by atoms with Crippen LogP contribution in [0.4, 0.5) is 4.39 Å². The molecule has 1 atom stereocenters. The molecule has 1 amide bonds. The second kappa shape index (κ2) is 8.50. The monoisotopic (exact) mass is 429 g/mol. The van der Waals surface area contributed by atoms with Gasteiger partial charge >= 0.3 is 0 Å². The van der Waals surface area contributed by atoms with Gasteiger partial charge in [-0.15, -0.1) is 21.5 Å². The summed E-state index contributed by atoms with van der Waals surface area (Å²) >= 11 is 2.68. The average molecular weight is 430 g/mol. The van der Waals surface area contributed by atoms with E-state index in [4.69, 9.17) is 10.3 Å². The second-order valence-electron chi connectivity index (χ2n) is 6.01. The number of nitrogens with two attached hydrogens (primary N) is 1. The molecule has 3 aromatic heterocycles. The van der Waals surface area contributed by atoms with Crippen molar-refractivity contribution >= 4 is 29.0 Å². The van der Waals surface area contributed by atoms with Crippen molar-refractivity contribution in [2.24, 2.45) is 0 Å². The Bertz CT molecular complexity index is 1080. The van der Waals surface area contributed by atoms with Crippen LogP contribution in [0.1, 0.15) is 16.5 Å². The number of nitrogens with one attached hydrogen (secondary N) is 1. The normalized spacial score (nSPS) is 12.0. The third-order valence-electron chi connectivity index (χ3n) is 4.07. The summed E-state index contributed by atoms with van der Waals surface area (Å²) in [7, 11) is 0. The van der Waals surface area contributed by atoms with Crippen molar-refractivity contribution in [2.45, 2.75) is 11.2 Å². The third-order valence-corrected chi connectivity index (χ3v) is 5.96. The third kappa shape index (κ3) is 4.33. The summed E-state index contributed by atoms with van der Waals surface area (Å²) in [5.74, 6) is 6.44. The molecule has 4 rings (SSSR count). The molecule has 0 aliphatic carbocycles. The molecular formula is C19H16FN5O2S2. The smallest absolute Gasteiger partial charge is 0.231 e. The van der Waals surface area contributed by atoms with Crippen molar-refractivity contribution in [2.75, 3.05) is 11.6 Å². The van der Waals surface area contributed by atoms with Gasteiger partial charge in [0, 0.05) is 4.88 Å². The van der Waals surface area contributed by atoms with E-state index in [2.05, 4.69) is 15.5 Å². The number of nitrogen functional groups attached to an aromatic ring is 1. The van der Waals surface area contributed by atoms with E-state index in [1.54, 1.807) is 24.3 Å². The number of benzene rings is 1. The summed E-state index contributed by atoms with van der Waals surface area (Å²) < 4.78 is 19.8. The molecule has 0 aliphatic heterocycles. The Labute approximate surface area is 173 Å². The number of thioether (sulfide) groups is 1. The number of amides is 1. The topological polar surface area (TPSA) is 99.0 Å². The zero-order chi connectivity index (χ0) is 20.2. The lowest BCUT2D eigenvalue weighted by Crippen LogP contribution is -2.30. The number of hydrogen-bond donors (Lipinski definition) is 2. The van der Waals surface area contributed by atoms with Gasteiger partial charge in [0.25, 0.3) is 0 Å². The first-order valence-corrected chi connectivity index (χ1v) is 10.4. The van der Waals surface area contributed by atoms with Gasteiger partial charge in [-0.1, -0.05) is 30.0 Å². The van der Waals surface area contributed by atoms with Gasteiger partial charge in [-0.2, -0.15) is 0 Å². The number of rotatable bonds is 7. The maximum absolute atomic E-state index is 13.3. The van der Waals surface area contributed by atoms with Crippen LogP contribution in [0.2, 0.25) is 0 Å². The van der Waals surface area contributed by atoms with E-state index in [0.717, 1.165) is 22.2 Å². The van der Waals surface area contributed by atoms with Crippen molar-refractivity contribution in [3.8, 4) is 11.6 Å². The van der Waals surface area contributed by atoms with Crippen molar-refractivity contribution in [1.29, 1.82) is 0 Å². The zero-order valence-electron chi connectivity index (χ0n) is 15.0. The van der Waals surface area contributed by atoms with Crippen LogP contribution in [0.25, 0.3) is 11.6 Å². The molecule has 29 heavy (non-hydrogen) atoms. The van der Waals surface area contributed by atoms with Gasteiger partial charge < -0.3 is 15.6 Å². The lowest BCUT2D eigenvalue weighted by Gasteiger charge is -2.18. The van der Waals surface area contributed by atoms with E-state index in [1.807, 2.05) is 17.5 Å². The number of thiophene rings is 1. The van der Waals surface area contributed by atoms with Crippen LogP contribution in [-0.4, -0.2) is 26.5 Å². The molecule has 0 aliphatic rings. The molecule has 0 fully saturated rings. The number of carbonyl (C=O) groups excluding carboxylic acids is 1. The number of furan rings is 1. The Hall–Kier alpha value is -3.11. The van der Waals surface area contributed by atoms with Crippen LogP contribution in [0, 0.1) is 5.82 Å². The second-order valence-corrected chi connectivity index (χ2v) is 7.93. The predicted octanol–water partition coefficient (Wildman–Crippen LogP) is 3.45. The molecule has 1 unspecified atom stereocenters. The molecule has 1 aromatic carbocycles. The first-order chi connectivity index (χ1) is 14.1. The number of hydrogen-bond acceptors (Lipinski definition) is 7. The molecule has 148 valence electrons. The highest BCUT2D eigenvalue weighted by atomic mass is 32.2. The van der Waals surface area contributed by atoms with Crippen LogP contribution in [-0.2, 0) is 4.79 Å². The van der Waals surface area contributed by atoms with Crippen LogP contribution in [0.5, 0.6) is 0 Å². The Morgan fingerprint density at radius 1 is 1.24 bits per heavy atom. The van der Waals surface area contributed by atoms with Crippen LogP contribution in [0.15, 0.2) is 69.7 Å². The van der Waals surface area contributed by atoms with Gasteiger partial charge in [0.1, 0.15) is 5.82 Å². The predicted molar refractivity (Wildman–Crippen MR) is 109 cm³/mol. The number of nitrogens with zero attached hydrogens (tertiary/aromatic N) is 3. The number of aromatic nitrogens is 3. The average Bonchev–Trinajstić information content (AvgIpc) is 3.48. The fourth-order valence-electron chi connectivity index (χ4n) is 2.71. The summed E-state index contributed by atoms with van der Waals surface area (Å²) in [5.41, 5.74) is 0.800. The molecule has 3 N–H and O–H groups in total. The summed E-state index contributed by atoms with van der Waals surface area (Å²) in [5, 5.41) is 13.3. The fraction of sp³-hybridized carbons (Fsp3) is 0.105. The van der Waals surface area contributed by atoms with E-state index < -0.39 is 0 Å². The largest absolute Gasteiger partial charge is 0.461 e. The lowest BCUT2D eigenvalue weighted by molar-refractivity contribution is -0.119. The van der Waals surface area contributed by atoms with Gasteiger partial charge in [-0.05, 0) is 41.3 Å². The van der Waals surface area contributed by atoms with Gasteiger partial charge in [0.2, 0.25) is 16.9 Å². The summed E-state index contributed by atoms with van der Waals surface area (Å²) in [6.07, 6.45) is 1.52. The van der Waals surface area contributed by atoms with Gasteiger partial charge in [0.05, 0.1) is 18.1 Å². The molecule has 0 bridgehead atoms. The van der Waals surface area contributed by atoms with E-state index in [0.29, 0.717) is 16.7 Å². The molecular weight excluding hydrogens is 413 g/mol. The highest BCUT2D eigenvalue weighted by Gasteiger charge is 2.20. The fourth-order valence-corrected chi connectivity index (χ4v) is 4.18. The van der Waals surface area contributed by atoms with Gasteiger partial charge in [-0.3, -0.25) is 4.79 Å². The van der Waals surface area contributed by atoms with E-state index in [-0.39, 0.29) is 23.5 Å². The first kappa shape index (κ1) is 19.2. The summed E-state index contributed by atoms with van der Waals surface area (Å²) in [6.45, 7) is 0. The van der Waals surface area contributed by atoms with Crippen LogP contribution >= 0.6 is 23.1 Å². The molecule has 0 saturated carbocycles.